The summed E-state index contributed by atoms with van der Waals surface area (Å²) in [6.45, 7) is -0.713. The zero-order valence-electron chi connectivity index (χ0n) is 16.1. The average Bonchev–Trinajstić information content (AvgIpc) is 2.73. The lowest BCUT2D eigenvalue weighted by Gasteiger charge is -2.35. The average molecular weight is 419 g/mol. The number of carbonyl (C=O) groups is 2. The largest absolute Gasteiger partial charge is 0.434 e. The maximum Gasteiger partial charge on any atom is 0.387 e. The van der Waals surface area contributed by atoms with Gasteiger partial charge in [0, 0.05) is 43.4 Å². The molecule has 0 radical (unpaired) electrons. The van der Waals surface area contributed by atoms with E-state index < -0.39 is 17.4 Å². The summed E-state index contributed by atoms with van der Waals surface area (Å²) in [5, 5.41) is 11.1. The van der Waals surface area contributed by atoms with Gasteiger partial charge in [0.05, 0.1) is 10.5 Å². The van der Waals surface area contributed by atoms with E-state index in [1.54, 1.807) is 6.07 Å². The fraction of sp³-hybridized carbons (Fsp3) is 0.300. The Morgan fingerprint density at radius 3 is 2.07 bits per heavy atom. The number of rotatable bonds is 5. The maximum absolute atomic E-state index is 12.8. The molecule has 0 aliphatic carbocycles. The van der Waals surface area contributed by atoms with Gasteiger partial charge in [0.2, 0.25) is 0 Å². The summed E-state index contributed by atoms with van der Waals surface area (Å²) < 4.78 is 29.6. The highest BCUT2D eigenvalue weighted by molar-refractivity contribution is 5.98. The maximum atomic E-state index is 12.8. The van der Waals surface area contributed by atoms with E-state index in [-0.39, 0.29) is 60.2 Å². The first-order valence-corrected chi connectivity index (χ1v) is 9.16. The quantitative estimate of drug-likeness (QED) is 0.549. The van der Waals surface area contributed by atoms with Crippen LogP contribution in [0.2, 0.25) is 0 Å². The van der Waals surface area contributed by atoms with Crippen molar-refractivity contribution in [2.45, 2.75) is 13.5 Å². The first kappa shape index (κ1) is 21.2. The zero-order chi connectivity index (χ0) is 21.8. The van der Waals surface area contributed by atoms with Crippen molar-refractivity contribution >= 4 is 17.5 Å². The molecule has 0 N–H and O–H groups in total. The van der Waals surface area contributed by atoms with E-state index in [0.717, 1.165) is 0 Å². The minimum absolute atomic E-state index is 0.0205. The molecule has 10 heteroatoms. The molecule has 0 unspecified atom stereocenters. The number of hydrogen-bond acceptors (Lipinski definition) is 5. The van der Waals surface area contributed by atoms with Crippen LogP contribution in [0.4, 0.5) is 14.5 Å². The summed E-state index contributed by atoms with van der Waals surface area (Å²) in [7, 11) is 0. The van der Waals surface area contributed by atoms with Crippen molar-refractivity contribution in [2.75, 3.05) is 26.2 Å². The third-order valence-electron chi connectivity index (χ3n) is 4.92. The molecule has 30 heavy (non-hydrogen) atoms. The molecule has 0 aromatic heterocycles. The number of halogens is 2. The van der Waals surface area contributed by atoms with Gasteiger partial charge < -0.3 is 14.5 Å². The number of amides is 2. The lowest BCUT2D eigenvalue weighted by molar-refractivity contribution is -0.385. The van der Waals surface area contributed by atoms with Crippen LogP contribution in [0.1, 0.15) is 26.3 Å². The summed E-state index contributed by atoms with van der Waals surface area (Å²) in [4.78, 5) is 39.1. The van der Waals surface area contributed by atoms with Crippen molar-refractivity contribution < 1.29 is 28.0 Å². The van der Waals surface area contributed by atoms with E-state index in [4.69, 9.17) is 0 Å². The number of hydrogen-bond donors (Lipinski definition) is 0. The molecule has 2 amide bonds. The van der Waals surface area contributed by atoms with Gasteiger partial charge >= 0.3 is 6.61 Å². The summed E-state index contributed by atoms with van der Waals surface area (Å²) in [5.41, 5.74) is 0.404. The van der Waals surface area contributed by atoms with Gasteiger partial charge in [-0.15, -0.1) is 0 Å². The topological polar surface area (TPSA) is 93.0 Å². The van der Waals surface area contributed by atoms with Crippen molar-refractivity contribution in [3.63, 3.8) is 0 Å². The van der Waals surface area contributed by atoms with Crippen LogP contribution in [-0.4, -0.2) is 59.3 Å². The third-order valence-corrected chi connectivity index (χ3v) is 4.92. The number of piperazine rings is 1. The van der Waals surface area contributed by atoms with Gasteiger partial charge in [-0.2, -0.15) is 8.78 Å². The van der Waals surface area contributed by atoms with Crippen molar-refractivity contribution in [3.05, 3.63) is 69.3 Å². The molecule has 0 spiro atoms. The molecule has 1 aliphatic rings. The highest BCUT2D eigenvalue weighted by atomic mass is 19.3. The highest BCUT2D eigenvalue weighted by Gasteiger charge is 2.29. The van der Waals surface area contributed by atoms with Gasteiger partial charge in [0.15, 0.2) is 0 Å². The number of para-hydroxylation sites is 1. The molecule has 0 saturated carbocycles. The number of nitrogens with zero attached hydrogens (tertiary/aromatic N) is 3. The zero-order valence-corrected chi connectivity index (χ0v) is 16.1. The second-order valence-electron chi connectivity index (χ2n) is 6.67. The van der Waals surface area contributed by atoms with Crippen LogP contribution in [0, 0.1) is 17.0 Å². The van der Waals surface area contributed by atoms with Gasteiger partial charge in [-0.1, -0.05) is 18.2 Å². The second kappa shape index (κ2) is 8.85. The molecule has 3 rings (SSSR count). The fourth-order valence-electron chi connectivity index (χ4n) is 3.35. The normalized spacial score (nSPS) is 14.0. The molecule has 2 aromatic rings. The predicted molar refractivity (Wildman–Crippen MR) is 103 cm³/mol. The van der Waals surface area contributed by atoms with E-state index in [1.807, 2.05) is 0 Å². The Balaban J connectivity index is 1.70. The van der Waals surface area contributed by atoms with Crippen LogP contribution >= 0.6 is 0 Å². The van der Waals surface area contributed by atoms with Crippen LogP contribution in [0.25, 0.3) is 0 Å². The first-order valence-electron chi connectivity index (χ1n) is 9.16. The van der Waals surface area contributed by atoms with Crippen molar-refractivity contribution in [1.82, 2.24) is 9.80 Å². The van der Waals surface area contributed by atoms with Crippen LogP contribution in [0.5, 0.6) is 5.75 Å². The number of carbonyl (C=O) groups excluding carboxylic acids is 2. The standard InChI is InChI=1S/C20H19F2N3O5/c1-13-14(6-4-7-16(13)25(28)29)18(26)23-9-11-24(12-10-23)19(27)15-5-2-3-8-17(15)30-20(21)22/h2-8,20H,9-12H2,1H3. The minimum atomic E-state index is -3.05. The molecule has 1 fully saturated rings. The molecule has 0 atom stereocenters. The number of ether oxygens (including phenoxy) is 1. The number of nitro groups is 1. The van der Waals surface area contributed by atoms with Crippen LogP contribution in [0.15, 0.2) is 42.5 Å². The molecule has 0 bridgehead atoms. The van der Waals surface area contributed by atoms with Gasteiger partial charge in [-0.3, -0.25) is 19.7 Å². The van der Waals surface area contributed by atoms with Gasteiger partial charge in [-0.05, 0) is 25.1 Å². The van der Waals surface area contributed by atoms with Gasteiger partial charge in [-0.25, -0.2) is 0 Å². The first-order chi connectivity index (χ1) is 14.3. The van der Waals surface area contributed by atoms with E-state index in [1.165, 1.54) is 53.1 Å². The van der Waals surface area contributed by atoms with E-state index >= 15 is 0 Å². The molecule has 8 nitrogen and oxygen atoms in total. The summed E-state index contributed by atoms with van der Waals surface area (Å²) in [5.74, 6) is -1.03. The van der Waals surface area contributed by atoms with Gasteiger partial charge in [0.1, 0.15) is 5.75 Å². The molecule has 1 saturated heterocycles. The molecule has 158 valence electrons. The smallest absolute Gasteiger partial charge is 0.387 e. The Morgan fingerprint density at radius 1 is 0.967 bits per heavy atom. The Morgan fingerprint density at radius 2 is 1.50 bits per heavy atom. The van der Waals surface area contributed by atoms with Crippen molar-refractivity contribution in [3.8, 4) is 5.75 Å². The monoisotopic (exact) mass is 419 g/mol. The van der Waals surface area contributed by atoms with E-state index in [0.29, 0.717) is 0 Å². The SMILES string of the molecule is Cc1c(C(=O)N2CCN(C(=O)c3ccccc3OC(F)F)CC2)cccc1[N+](=O)[O-]. The number of alkyl halides is 2. The van der Waals surface area contributed by atoms with Crippen molar-refractivity contribution in [2.24, 2.45) is 0 Å². The van der Waals surface area contributed by atoms with Crippen LogP contribution in [-0.2, 0) is 0 Å². The molecule has 1 aliphatic heterocycles. The lowest BCUT2D eigenvalue weighted by atomic mass is 10.0. The number of benzene rings is 2. The summed E-state index contributed by atoms with van der Waals surface area (Å²) >= 11 is 0. The van der Waals surface area contributed by atoms with Gasteiger partial charge in [0.25, 0.3) is 17.5 Å². The Hall–Kier alpha value is -3.56. The minimum Gasteiger partial charge on any atom is -0.434 e. The number of nitro benzene ring substituents is 1. The third kappa shape index (κ3) is 4.37. The van der Waals surface area contributed by atoms with Crippen LogP contribution < -0.4 is 4.74 Å². The molecule has 2 aromatic carbocycles. The Bertz CT molecular complexity index is 975. The Labute approximate surface area is 170 Å². The fourth-order valence-corrected chi connectivity index (χ4v) is 3.35. The highest BCUT2D eigenvalue weighted by Crippen LogP contribution is 2.24. The summed E-state index contributed by atoms with van der Waals surface area (Å²) in [6, 6.07) is 10.1. The predicted octanol–water partition coefficient (Wildman–Crippen LogP) is 3.10. The molecule has 1 heterocycles. The van der Waals surface area contributed by atoms with Crippen LogP contribution in [0.3, 0.4) is 0 Å². The molecular weight excluding hydrogens is 400 g/mol. The Kier molecular flexibility index (Phi) is 6.24. The van der Waals surface area contributed by atoms with E-state index in [9.17, 15) is 28.5 Å². The van der Waals surface area contributed by atoms with E-state index in [2.05, 4.69) is 4.74 Å². The van der Waals surface area contributed by atoms with Crippen molar-refractivity contribution in [1.29, 1.82) is 0 Å². The molecular formula is C20H19F2N3O5. The lowest BCUT2D eigenvalue weighted by Crippen LogP contribution is -2.50. The summed E-state index contributed by atoms with van der Waals surface area (Å²) in [6.07, 6.45) is 0. The second-order valence-corrected chi connectivity index (χ2v) is 6.67.